The normalized spacial score (nSPS) is 15.9. The summed E-state index contributed by atoms with van der Waals surface area (Å²) in [5, 5.41) is -7.84. The highest BCUT2D eigenvalue weighted by molar-refractivity contribution is 7.87. The van der Waals surface area contributed by atoms with Crippen LogP contribution in [0.25, 0.3) is 0 Å². The molecule has 0 aliphatic rings. The highest BCUT2D eigenvalue weighted by Gasteiger charge is 2.96. The van der Waals surface area contributed by atoms with Gasteiger partial charge in [0.1, 0.15) is 0 Å². The summed E-state index contributed by atoms with van der Waals surface area (Å²) in [6, 6.07) is 0. The van der Waals surface area contributed by atoms with Gasteiger partial charge < -0.3 is 4.90 Å². The van der Waals surface area contributed by atoms with Gasteiger partial charge in [-0.25, -0.2) is 0 Å². The van der Waals surface area contributed by atoms with E-state index in [0.29, 0.717) is 0 Å². The van der Waals surface area contributed by atoms with E-state index in [1.165, 1.54) is 0 Å². The number of rotatable bonds is 7. The molecular weight excluding hydrogens is 549 g/mol. The van der Waals surface area contributed by atoms with Gasteiger partial charge in [-0.2, -0.15) is 83.1 Å². The monoisotopic (exact) mass is 559 g/mol. The van der Waals surface area contributed by atoms with E-state index in [2.05, 4.69) is 0 Å². The molecule has 0 heterocycles. The number of hydrogen-bond donors (Lipinski definition) is 1. The first-order valence-corrected chi connectivity index (χ1v) is 8.46. The molecule has 0 aliphatic carbocycles. The lowest BCUT2D eigenvalue weighted by atomic mass is 9.91. The van der Waals surface area contributed by atoms with Gasteiger partial charge in [-0.1, -0.05) is 0 Å². The van der Waals surface area contributed by atoms with Crippen LogP contribution < -0.4 is 0 Å². The Morgan fingerprint density at radius 3 is 0.848 bits per heavy atom. The van der Waals surface area contributed by atoms with Crippen molar-refractivity contribution in [2.75, 3.05) is 21.1 Å². The van der Waals surface area contributed by atoms with Crippen molar-refractivity contribution in [2.24, 2.45) is 0 Å². The Labute approximate surface area is 172 Å². The molecule has 0 amide bonds. The molecule has 0 fully saturated rings. The summed E-state index contributed by atoms with van der Waals surface area (Å²) >= 11 is 0. The van der Waals surface area contributed by atoms with E-state index >= 15 is 0 Å². The van der Waals surface area contributed by atoms with Crippen LogP contribution in [0.2, 0.25) is 0 Å². The van der Waals surface area contributed by atoms with Crippen molar-refractivity contribution >= 4 is 10.1 Å². The third-order valence-electron chi connectivity index (χ3n) is 3.02. The van der Waals surface area contributed by atoms with Gasteiger partial charge in [-0.15, -0.1) is 0 Å². The van der Waals surface area contributed by atoms with E-state index in [-0.39, 0.29) is 0 Å². The first-order valence-electron chi connectivity index (χ1n) is 7.02. The van der Waals surface area contributed by atoms with Crippen molar-refractivity contribution in [3.05, 3.63) is 0 Å². The molecule has 0 aromatic heterocycles. The van der Waals surface area contributed by atoms with Gasteiger partial charge in [0.05, 0.1) is 0 Å². The lowest BCUT2D eigenvalue weighted by Crippen LogP contribution is -2.74. The largest absolute Gasteiger partial charge is 0.460 e. The Bertz CT molecular complexity index is 784. The van der Waals surface area contributed by atoms with E-state index in [1.807, 2.05) is 26.0 Å². The van der Waals surface area contributed by atoms with E-state index in [0.717, 1.165) is 0 Å². The molecule has 0 saturated carbocycles. The summed E-state index contributed by atoms with van der Waals surface area (Å²) in [5.74, 6) is -52.0. The Morgan fingerprint density at radius 1 is 0.485 bits per heavy atom. The zero-order valence-electron chi connectivity index (χ0n) is 15.5. The first kappa shape index (κ1) is 33.9. The number of hydrogen-bond acceptors (Lipinski definition) is 3. The van der Waals surface area contributed by atoms with Gasteiger partial charge in [0.2, 0.25) is 0 Å². The predicted molar refractivity (Wildman–Crippen MR) is 71.8 cm³/mol. The highest BCUT2D eigenvalue weighted by Crippen LogP contribution is 2.64. The number of nitrogens with zero attached hydrogens (tertiary/aromatic N) is 1. The molecule has 4 nitrogen and oxygen atoms in total. The van der Waals surface area contributed by atoms with E-state index in [1.54, 1.807) is 0 Å². The fourth-order valence-corrected chi connectivity index (χ4v) is 1.76. The Kier molecular flexibility index (Phi) is 8.94. The first-order chi connectivity index (χ1) is 13.7. The molecular formula is C11H10F17NO3S. The SMILES string of the molecule is CN(C)C.O=S(=O)(O)C(F)(F)C(F)(F)C(F)(F)C(F)(F)C(F)(F)C(F)(F)C(F)(F)C(F)(F)F. The molecule has 0 aromatic rings. The summed E-state index contributed by atoms with van der Waals surface area (Å²) < 4.78 is 242. The second-order valence-corrected chi connectivity index (χ2v) is 7.74. The molecule has 0 aliphatic heterocycles. The summed E-state index contributed by atoms with van der Waals surface area (Å²) in [6.45, 7) is 0. The van der Waals surface area contributed by atoms with Gasteiger partial charge in [0, 0.05) is 0 Å². The quantitative estimate of drug-likeness (QED) is 0.352. The van der Waals surface area contributed by atoms with Crippen molar-refractivity contribution in [1.82, 2.24) is 4.90 Å². The zero-order chi connectivity index (χ0) is 28.1. The number of alkyl halides is 17. The third kappa shape index (κ3) is 5.05. The van der Waals surface area contributed by atoms with Gasteiger partial charge in [0.25, 0.3) is 0 Å². The third-order valence-corrected chi connectivity index (χ3v) is 3.92. The minimum Gasteiger partial charge on any atom is -0.312 e. The van der Waals surface area contributed by atoms with Gasteiger partial charge in [-0.3, -0.25) is 4.55 Å². The van der Waals surface area contributed by atoms with Crippen LogP contribution in [0, 0.1) is 0 Å². The van der Waals surface area contributed by atoms with Crippen LogP contribution in [0.5, 0.6) is 0 Å². The van der Waals surface area contributed by atoms with Crippen LogP contribution in [0.15, 0.2) is 0 Å². The maximum Gasteiger partial charge on any atom is 0.460 e. The summed E-state index contributed by atoms with van der Waals surface area (Å²) in [6.07, 6.45) is -7.88. The van der Waals surface area contributed by atoms with Crippen LogP contribution in [-0.2, 0) is 10.1 Å². The average molecular weight is 559 g/mol. The van der Waals surface area contributed by atoms with Crippen molar-refractivity contribution in [2.45, 2.75) is 47.0 Å². The molecule has 0 atom stereocenters. The van der Waals surface area contributed by atoms with Crippen LogP contribution in [0.4, 0.5) is 74.6 Å². The maximum absolute atomic E-state index is 13.0. The van der Waals surface area contributed by atoms with Crippen LogP contribution in [0.1, 0.15) is 0 Å². The van der Waals surface area contributed by atoms with E-state index < -0.39 is 57.1 Å². The average Bonchev–Trinajstić information content (AvgIpc) is 2.50. The van der Waals surface area contributed by atoms with Crippen LogP contribution >= 0.6 is 0 Å². The summed E-state index contributed by atoms with van der Waals surface area (Å²) in [5.41, 5.74) is 0. The minimum absolute atomic E-state index is 2.00. The minimum atomic E-state index is -8.89. The summed E-state index contributed by atoms with van der Waals surface area (Å²) in [7, 11) is -1.89. The standard InChI is InChI=1S/C8HF17O3S.C3H9N/c9-1(10,3(13,14)5(17,18)7(21,22)23)2(11,12)4(15,16)6(19,20)8(24,25)29(26,27)28;1-4(2)3/h(H,26,27,28);1-3H3. The molecule has 0 unspecified atom stereocenters. The molecule has 33 heavy (non-hydrogen) atoms. The Morgan fingerprint density at radius 2 is 0.667 bits per heavy atom. The lowest BCUT2D eigenvalue weighted by Gasteiger charge is -2.42. The van der Waals surface area contributed by atoms with Crippen LogP contribution in [0.3, 0.4) is 0 Å². The van der Waals surface area contributed by atoms with Gasteiger partial charge in [0.15, 0.2) is 0 Å². The predicted octanol–water partition coefficient (Wildman–Crippen LogP) is 5.02. The molecule has 0 saturated heterocycles. The number of halogens is 17. The Balaban J connectivity index is 0. The van der Waals surface area contributed by atoms with E-state index in [4.69, 9.17) is 4.55 Å². The molecule has 22 heteroatoms. The highest BCUT2D eigenvalue weighted by atomic mass is 32.2. The molecule has 0 rings (SSSR count). The maximum atomic E-state index is 13.0. The fourth-order valence-electron chi connectivity index (χ4n) is 1.31. The van der Waals surface area contributed by atoms with Crippen molar-refractivity contribution < 1.29 is 87.6 Å². The Hall–Kier alpha value is -1.32. The molecule has 0 aromatic carbocycles. The second-order valence-electron chi connectivity index (χ2n) is 6.28. The topological polar surface area (TPSA) is 57.6 Å². The van der Waals surface area contributed by atoms with Crippen molar-refractivity contribution in [1.29, 1.82) is 0 Å². The fraction of sp³-hybridized carbons (Fsp3) is 1.00. The molecule has 0 radical (unpaired) electrons. The zero-order valence-corrected chi connectivity index (χ0v) is 16.4. The van der Waals surface area contributed by atoms with Gasteiger partial charge in [-0.05, 0) is 21.1 Å². The van der Waals surface area contributed by atoms with Crippen molar-refractivity contribution in [3.63, 3.8) is 0 Å². The second kappa shape index (κ2) is 8.72. The molecule has 1 N–H and O–H groups in total. The molecule has 0 spiro atoms. The summed E-state index contributed by atoms with van der Waals surface area (Å²) in [4.78, 5) is 2.00. The van der Waals surface area contributed by atoms with E-state index in [9.17, 15) is 83.1 Å². The van der Waals surface area contributed by atoms with Gasteiger partial charge >= 0.3 is 57.1 Å². The lowest BCUT2D eigenvalue weighted by molar-refractivity contribution is -0.458. The van der Waals surface area contributed by atoms with Crippen molar-refractivity contribution in [3.8, 4) is 0 Å². The van der Waals surface area contributed by atoms with Crippen LogP contribution in [-0.4, -0.2) is 86.0 Å². The molecule has 0 bridgehead atoms. The smallest absolute Gasteiger partial charge is 0.312 e. The molecule has 202 valence electrons.